The average Bonchev–Trinajstić information content (AvgIpc) is 2.49. The van der Waals surface area contributed by atoms with Crippen LogP contribution < -0.4 is 10.2 Å². The van der Waals surface area contributed by atoms with E-state index in [2.05, 4.69) is 17.4 Å². The van der Waals surface area contributed by atoms with Crippen molar-refractivity contribution in [2.75, 3.05) is 18.9 Å². The fourth-order valence-electron chi connectivity index (χ4n) is 2.29. The van der Waals surface area contributed by atoms with E-state index in [0.29, 0.717) is 5.69 Å². The van der Waals surface area contributed by atoms with Crippen LogP contribution in [0.2, 0.25) is 0 Å². The van der Waals surface area contributed by atoms with Crippen molar-refractivity contribution in [2.24, 2.45) is 0 Å². The number of rotatable bonds is 6. The lowest BCUT2D eigenvalue weighted by atomic mass is 10.1. The maximum Gasteiger partial charge on any atom is 0.279 e. The Balaban J connectivity index is 1.90. The fraction of sp³-hybridized carbons (Fsp3) is 0.235. The van der Waals surface area contributed by atoms with Gasteiger partial charge in [0.15, 0.2) is 6.54 Å². The van der Waals surface area contributed by atoms with Crippen molar-refractivity contribution in [3.63, 3.8) is 0 Å². The summed E-state index contributed by atoms with van der Waals surface area (Å²) in [6, 6.07) is 14.1. The summed E-state index contributed by atoms with van der Waals surface area (Å²) in [4.78, 5) is 23.3. The van der Waals surface area contributed by atoms with Gasteiger partial charge in [0.2, 0.25) is 0 Å². The highest BCUT2D eigenvalue weighted by Gasteiger charge is 2.12. The first kappa shape index (κ1) is 16.6. The standard InChI is InChI=1S/C17H19N3O3/c1-13-6-8-14(9-7-13)11-19(2)12-17(21)18-15-4-3-5-16(10-15)20(22)23/h3-10H,11-12H2,1-2H3,(H,18,21)/p+1. The molecular formula is C17H20N3O3+. The predicted molar refractivity (Wildman–Crippen MR) is 88.4 cm³/mol. The molecule has 120 valence electrons. The first-order valence-corrected chi connectivity index (χ1v) is 7.35. The molecule has 1 atom stereocenters. The zero-order valence-electron chi connectivity index (χ0n) is 13.2. The van der Waals surface area contributed by atoms with E-state index in [1.54, 1.807) is 12.1 Å². The molecule has 1 unspecified atom stereocenters. The Bertz CT molecular complexity index is 698. The molecular weight excluding hydrogens is 294 g/mol. The predicted octanol–water partition coefficient (Wildman–Crippen LogP) is 1.56. The molecule has 2 N–H and O–H groups in total. The number of nitro groups is 1. The highest BCUT2D eigenvalue weighted by Crippen LogP contribution is 2.16. The molecule has 2 aromatic carbocycles. The lowest BCUT2D eigenvalue weighted by Gasteiger charge is -2.14. The summed E-state index contributed by atoms with van der Waals surface area (Å²) >= 11 is 0. The van der Waals surface area contributed by atoms with Crippen molar-refractivity contribution >= 4 is 17.3 Å². The zero-order chi connectivity index (χ0) is 16.8. The van der Waals surface area contributed by atoms with E-state index < -0.39 is 4.92 Å². The second-order valence-corrected chi connectivity index (χ2v) is 5.65. The van der Waals surface area contributed by atoms with Crippen LogP contribution >= 0.6 is 0 Å². The van der Waals surface area contributed by atoms with Crippen molar-refractivity contribution in [1.29, 1.82) is 0 Å². The van der Waals surface area contributed by atoms with Gasteiger partial charge in [0.25, 0.3) is 11.6 Å². The minimum atomic E-state index is -0.482. The molecule has 23 heavy (non-hydrogen) atoms. The smallest absolute Gasteiger partial charge is 0.279 e. The van der Waals surface area contributed by atoms with Crippen molar-refractivity contribution in [2.45, 2.75) is 13.5 Å². The Labute approximate surface area is 134 Å². The quantitative estimate of drug-likeness (QED) is 0.627. The molecule has 0 saturated carbocycles. The van der Waals surface area contributed by atoms with E-state index in [1.165, 1.54) is 17.7 Å². The molecule has 0 aliphatic heterocycles. The number of carbonyl (C=O) groups is 1. The van der Waals surface area contributed by atoms with Gasteiger partial charge in [-0.05, 0) is 13.0 Å². The van der Waals surface area contributed by atoms with E-state index in [0.717, 1.165) is 17.0 Å². The number of amides is 1. The maximum atomic E-state index is 12.0. The number of aryl methyl sites for hydroxylation is 1. The van der Waals surface area contributed by atoms with Crippen LogP contribution in [0, 0.1) is 17.0 Å². The number of likely N-dealkylation sites (N-methyl/N-ethyl adjacent to an activating group) is 1. The Morgan fingerprint density at radius 3 is 2.57 bits per heavy atom. The van der Waals surface area contributed by atoms with Gasteiger partial charge >= 0.3 is 0 Å². The molecule has 0 aliphatic carbocycles. The van der Waals surface area contributed by atoms with Crippen LogP contribution in [0.1, 0.15) is 11.1 Å². The van der Waals surface area contributed by atoms with Crippen molar-refractivity contribution < 1.29 is 14.6 Å². The number of non-ortho nitro benzene ring substituents is 1. The van der Waals surface area contributed by atoms with E-state index >= 15 is 0 Å². The Hall–Kier alpha value is -2.73. The van der Waals surface area contributed by atoms with Crippen LogP contribution in [0.25, 0.3) is 0 Å². The normalized spacial score (nSPS) is 11.7. The number of nitro benzene ring substituents is 1. The number of benzene rings is 2. The molecule has 6 nitrogen and oxygen atoms in total. The second kappa shape index (κ2) is 7.51. The van der Waals surface area contributed by atoms with E-state index in [4.69, 9.17) is 0 Å². The van der Waals surface area contributed by atoms with Crippen LogP contribution in [0.4, 0.5) is 11.4 Å². The number of nitrogens with zero attached hydrogens (tertiary/aromatic N) is 1. The summed E-state index contributed by atoms with van der Waals surface area (Å²) in [6.45, 7) is 3.06. The molecule has 2 rings (SSSR count). The molecule has 6 heteroatoms. The average molecular weight is 314 g/mol. The molecule has 0 fully saturated rings. The van der Waals surface area contributed by atoms with Gasteiger partial charge < -0.3 is 10.2 Å². The summed E-state index contributed by atoms with van der Waals surface area (Å²) in [6.07, 6.45) is 0. The molecule has 0 aromatic heterocycles. The van der Waals surface area contributed by atoms with Gasteiger partial charge in [-0.25, -0.2) is 0 Å². The molecule has 0 heterocycles. The minimum absolute atomic E-state index is 0.0387. The summed E-state index contributed by atoms with van der Waals surface area (Å²) in [5.41, 5.74) is 2.77. The fourth-order valence-corrected chi connectivity index (χ4v) is 2.29. The molecule has 0 radical (unpaired) electrons. The Kier molecular flexibility index (Phi) is 5.43. The molecule has 0 saturated heterocycles. The second-order valence-electron chi connectivity index (χ2n) is 5.65. The Morgan fingerprint density at radius 1 is 1.22 bits per heavy atom. The van der Waals surface area contributed by atoms with Crippen molar-refractivity contribution in [3.8, 4) is 0 Å². The minimum Gasteiger partial charge on any atom is -0.326 e. The van der Waals surface area contributed by atoms with Crippen molar-refractivity contribution in [3.05, 3.63) is 69.8 Å². The van der Waals surface area contributed by atoms with E-state index in [1.807, 2.05) is 26.1 Å². The zero-order valence-corrected chi connectivity index (χ0v) is 13.2. The number of hydrogen-bond donors (Lipinski definition) is 2. The highest BCUT2D eigenvalue weighted by molar-refractivity contribution is 5.91. The third-order valence-corrected chi connectivity index (χ3v) is 3.43. The largest absolute Gasteiger partial charge is 0.326 e. The number of carbonyl (C=O) groups excluding carboxylic acids is 1. The summed E-state index contributed by atoms with van der Waals surface area (Å²) in [5, 5.41) is 13.4. The molecule has 0 bridgehead atoms. The summed E-state index contributed by atoms with van der Waals surface area (Å²) in [5.74, 6) is -0.171. The monoisotopic (exact) mass is 314 g/mol. The van der Waals surface area contributed by atoms with Gasteiger partial charge in [-0.3, -0.25) is 14.9 Å². The number of hydrogen-bond acceptors (Lipinski definition) is 3. The van der Waals surface area contributed by atoms with E-state index in [9.17, 15) is 14.9 Å². The first-order chi connectivity index (χ1) is 10.9. The van der Waals surface area contributed by atoms with Crippen LogP contribution in [0.5, 0.6) is 0 Å². The number of quaternary nitrogens is 1. The topological polar surface area (TPSA) is 76.7 Å². The van der Waals surface area contributed by atoms with Crippen LogP contribution in [0.3, 0.4) is 0 Å². The van der Waals surface area contributed by atoms with Gasteiger partial charge in [-0.2, -0.15) is 0 Å². The van der Waals surface area contributed by atoms with Gasteiger partial charge in [0.1, 0.15) is 6.54 Å². The number of anilines is 1. The van der Waals surface area contributed by atoms with Crippen molar-refractivity contribution in [1.82, 2.24) is 0 Å². The van der Waals surface area contributed by atoms with Crippen LogP contribution in [0.15, 0.2) is 48.5 Å². The van der Waals surface area contributed by atoms with Gasteiger partial charge in [-0.15, -0.1) is 0 Å². The molecule has 1 amide bonds. The van der Waals surface area contributed by atoms with Gasteiger partial charge in [0.05, 0.1) is 12.0 Å². The third-order valence-electron chi connectivity index (χ3n) is 3.43. The lowest BCUT2D eigenvalue weighted by Crippen LogP contribution is -3.08. The highest BCUT2D eigenvalue weighted by atomic mass is 16.6. The molecule has 2 aromatic rings. The maximum absolute atomic E-state index is 12.0. The molecule has 0 spiro atoms. The first-order valence-electron chi connectivity index (χ1n) is 7.35. The van der Waals surface area contributed by atoms with E-state index in [-0.39, 0.29) is 18.1 Å². The molecule has 0 aliphatic rings. The summed E-state index contributed by atoms with van der Waals surface area (Å²) in [7, 11) is 1.94. The Morgan fingerprint density at radius 2 is 1.91 bits per heavy atom. The van der Waals surface area contributed by atoms with Crippen LogP contribution in [-0.2, 0) is 11.3 Å². The van der Waals surface area contributed by atoms with Crippen LogP contribution in [-0.4, -0.2) is 24.4 Å². The number of nitrogens with one attached hydrogen (secondary N) is 2. The van der Waals surface area contributed by atoms with Gasteiger partial charge in [-0.1, -0.05) is 35.9 Å². The lowest BCUT2D eigenvalue weighted by molar-refractivity contribution is -0.885. The summed E-state index contributed by atoms with van der Waals surface area (Å²) < 4.78 is 0. The third kappa shape index (κ3) is 5.19. The SMILES string of the molecule is Cc1ccc(C[NH+](C)CC(=O)Nc2cccc([N+](=O)[O-])c2)cc1. The van der Waals surface area contributed by atoms with Gasteiger partial charge in [0, 0.05) is 23.4 Å².